The van der Waals surface area contributed by atoms with Crippen molar-refractivity contribution in [3.63, 3.8) is 0 Å². The maximum atomic E-state index is 3.77. The van der Waals surface area contributed by atoms with Gasteiger partial charge in [0.15, 0.2) is 0 Å². The first-order valence-electron chi connectivity index (χ1n) is 8.66. The maximum absolute atomic E-state index is 3.77. The number of likely N-dealkylation sites (tertiary alicyclic amines) is 1. The van der Waals surface area contributed by atoms with Crippen LogP contribution in [0.3, 0.4) is 0 Å². The molecule has 1 N–H and O–H groups in total. The van der Waals surface area contributed by atoms with Crippen LogP contribution in [0.5, 0.6) is 0 Å². The van der Waals surface area contributed by atoms with E-state index in [4.69, 9.17) is 0 Å². The quantitative estimate of drug-likeness (QED) is 0.854. The van der Waals surface area contributed by atoms with Crippen molar-refractivity contribution in [1.82, 2.24) is 15.1 Å². The summed E-state index contributed by atoms with van der Waals surface area (Å²) in [6.07, 6.45) is 4.19. The van der Waals surface area contributed by atoms with E-state index in [-0.39, 0.29) is 0 Å². The van der Waals surface area contributed by atoms with Gasteiger partial charge >= 0.3 is 0 Å². The second-order valence-corrected chi connectivity index (χ2v) is 7.65. The molecular formula is C17H35N3. The van der Waals surface area contributed by atoms with E-state index in [0.717, 1.165) is 24.4 Å². The van der Waals surface area contributed by atoms with E-state index >= 15 is 0 Å². The Balaban J connectivity index is 1.99. The zero-order valence-electron chi connectivity index (χ0n) is 14.2. The predicted octanol–water partition coefficient (Wildman–Crippen LogP) is 2.43. The van der Waals surface area contributed by atoms with Gasteiger partial charge in [-0.25, -0.2) is 0 Å². The van der Waals surface area contributed by atoms with Crippen molar-refractivity contribution in [2.75, 3.05) is 33.2 Å². The van der Waals surface area contributed by atoms with E-state index < -0.39 is 0 Å². The van der Waals surface area contributed by atoms with Crippen LogP contribution >= 0.6 is 0 Å². The van der Waals surface area contributed by atoms with Crippen LogP contribution in [0.1, 0.15) is 47.0 Å². The molecule has 0 aromatic carbocycles. The van der Waals surface area contributed by atoms with Crippen molar-refractivity contribution >= 4 is 0 Å². The highest BCUT2D eigenvalue weighted by Crippen LogP contribution is 2.22. The van der Waals surface area contributed by atoms with Crippen LogP contribution in [0.2, 0.25) is 0 Å². The fraction of sp³-hybridized carbons (Fsp3) is 1.00. The lowest BCUT2D eigenvalue weighted by molar-refractivity contribution is 0.0464. The maximum Gasteiger partial charge on any atom is 0.0245 e. The molecule has 0 saturated carbocycles. The summed E-state index contributed by atoms with van der Waals surface area (Å²) in [4.78, 5) is 5.38. The second-order valence-electron chi connectivity index (χ2n) is 7.65. The second kappa shape index (κ2) is 7.24. The number of piperazine rings is 1. The normalized spacial score (nSPS) is 34.0. The number of rotatable bonds is 4. The zero-order valence-corrected chi connectivity index (χ0v) is 14.2. The average molecular weight is 281 g/mol. The Bertz CT molecular complexity index is 290. The SMILES string of the molecule is CC(C)C1CN(CC2CCCCN2C)C(C(C)C)CN1. The first-order chi connectivity index (χ1) is 9.49. The third-order valence-electron chi connectivity index (χ3n) is 5.43. The molecule has 0 radical (unpaired) electrons. The van der Waals surface area contributed by atoms with Gasteiger partial charge in [0.2, 0.25) is 0 Å². The average Bonchev–Trinajstić information content (AvgIpc) is 2.41. The van der Waals surface area contributed by atoms with Crippen molar-refractivity contribution in [2.24, 2.45) is 11.8 Å². The summed E-state index contributed by atoms with van der Waals surface area (Å²) < 4.78 is 0. The number of hydrogen-bond donors (Lipinski definition) is 1. The Labute approximate surface area is 126 Å². The molecule has 2 rings (SSSR count). The summed E-state index contributed by atoms with van der Waals surface area (Å²) in [7, 11) is 2.32. The fourth-order valence-electron chi connectivity index (χ4n) is 3.81. The van der Waals surface area contributed by atoms with Gasteiger partial charge in [0.25, 0.3) is 0 Å². The molecule has 2 saturated heterocycles. The van der Waals surface area contributed by atoms with Gasteiger partial charge in [-0.1, -0.05) is 34.1 Å². The molecule has 3 atom stereocenters. The molecule has 118 valence electrons. The number of hydrogen-bond acceptors (Lipinski definition) is 3. The van der Waals surface area contributed by atoms with E-state index in [0.29, 0.717) is 12.1 Å². The van der Waals surface area contributed by atoms with Crippen LogP contribution in [0.25, 0.3) is 0 Å². The summed E-state index contributed by atoms with van der Waals surface area (Å²) in [5, 5.41) is 3.77. The van der Waals surface area contributed by atoms with Gasteiger partial charge in [0, 0.05) is 37.8 Å². The Morgan fingerprint density at radius 2 is 1.85 bits per heavy atom. The van der Waals surface area contributed by atoms with Gasteiger partial charge in [0.05, 0.1) is 0 Å². The van der Waals surface area contributed by atoms with Crippen LogP contribution in [-0.4, -0.2) is 61.2 Å². The van der Waals surface area contributed by atoms with Crippen molar-refractivity contribution in [3.05, 3.63) is 0 Å². The molecule has 0 bridgehead atoms. The van der Waals surface area contributed by atoms with Crippen molar-refractivity contribution in [3.8, 4) is 0 Å². The summed E-state index contributed by atoms with van der Waals surface area (Å²) >= 11 is 0. The van der Waals surface area contributed by atoms with Gasteiger partial charge in [-0.2, -0.15) is 0 Å². The molecule has 3 heteroatoms. The molecule has 2 heterocycles. The molecule has 2 fully saturated rings. The zero-order chi connectivity index (χ0) is 14.7. The molecule has 0 aromatic heterocycles. The number of likely N-dealkylation sites (N-methyl/N-ethyl adjacent to an activating group) is 1. The first-order valence-corrected chi connectivity index (χ1v) is 8.66. The first kappa shape index (κ1) is 16.3. The highest BCUT2D eigenvalue weighted by molar-refractivity contribution is 4.91. The Morgan fingerprint density at radius 3 is 2.45 bits per heavy atom. The van der Waals surface area contributed by atoms with Crippen molar-refractivity contribution in [1.29, 1.82) is 0 Å². The summed E-state index contributed by atoms with van der Waals surface area (Å²) in [6, 6.07) is 2.15. The Kier molecular flexibility index (Phi) is 5.88. The standard InChI is InChI=1S/C17H35N3/c1-13(2)16-12-20(17(10-18-16)14(3)4)11-15-8-6-7-9-19(15)5/h13-18H,6-12H2,1-5H3. The van der Waals surface area contributed by atoms with Gasteiger partial charge in [-0.3, -0.25) is 4.90 Å². The van der Waals surface area contributed by atoms with Crippen LogP contribution in [0.4, 0.5) is 0 Å². The lowest BCUT2D eigenvalue weighted by atomic mass is 9.92. The highest BCUT2D eigenvalue weighted by atomic mass is 15.3. The van der Waals surface area contributed by atoms with Crippen LogP contribution in [0.15, 0.2) is 0 Å². The molecule has 0 aromatic rings. The largest absolute Gasteiger partial charge is 0.311 e. The molecule has 0 amide bonds. The third-order valence-corrected chi connectivity index (χ3v) is 5.43. The fourth-order valence-corrected chi connectivity index (χ4v) is 3.81. The molecule has 20 heavy (non-hydrogen) atoms. The lowest BCUT2D eigenvalue weighted by Gasteiger charge is -2.46. The summed E-state index contributed by atoms with van der Waals surface area (Å²) in [6.45, 7) is 14.4. The minimum Gasteiger partial charge on any atom is -0.311 e. The van der Waals surface area contributed by atoms with Crippen LogP contribution in [-0.2, 0) is 0 Å². The minimum atomic E-state index is 0.666. The molecule has 3 nitrogen and oxygen atoms in total. The van der Waals surface area contributed by atoms with Crippen LogP contribution in [0, 0.1) is 11.8 Å². The Morgan fingerprint density at radius 1 is 1.10 bits per heavy atom. The number of nitrogens with zero attached hydrogens (tertiary/aromatic N) is 2. The predicted molar refractivity (Wildman–Crippen MR) is 87.1 cm³/mol. The van der Waals surface area contributed by atoms with E-state index in [1.165, 1.54) is 38.9 Å². The monoisotopic (exact) mass is 281 g/mol. The van der Waals surface area contributed by atoms with Crippen LogP contribution < -0.4 is 5.32 Å². The van der Waals surface area contributed by atoms with E-state index in [2.05, 4.69) is 49.9 Å². The molecule has 2 aliphatic rings. The van der Waals surface area contributed by atoms with E-state index in [1.54, 1.807) is 0 Å². The smallest absolute Gasteiger partial charge is 0.0245 e. The van der Waals surface area contributed by atoms with Crippen molar-refractivity contribution in [2.45, 2.75) is 65.1 Å². The summed E-state index contributed by atoms with van der Waals surface area (Å²) in [5.41, 5.74) is 0. The van der Waals surface area contributed by atoms with Gasteiger partial charge in [-0.15, -0.1) is 0 Å². The lowest BCUT2D eigenvalue weighted by Crippen LogP contribution is -2.62. The molecular weight excluding hydrogens is 246 g/mol. The number of piperidine rings is 1. The highest BCUT2D eigenvalue weighted by Gasteiger charge is 2.33. The van der Waals surface area contributed by atoms with Gasteiger partial charge in [0.1, 0.15) is 0 Å². The minimum absolute atomic E-state index is 0.666. The molecule has 0 aliphatic carbocycles. The summed E-state index contributed by atoms with van der Waals surface area (Å²) in [5.74, 6) is 1.47. The molecule has 2 aliphatic heterocycles. The third kappa shape index (κ3) is 3.96. The topological polar surface area (TPSA) is 18.5 Å². The van der Waals surface area contributed by atoms with Gasteiger partial charge < -0.3 is 10.2 Å². The van der Waals surface area contributed by atoms with Crippen molar-refractivity contribution < 1.29 is 0 Å². The molecule has 3 unspecified atom stereocenters. The number of nitrogens with one attached hydrogen (secondary N) is 1. The van der Waals surface area contributed by atoms with E-state index in [9.17, 15) is 0 Å². The molecule has 0 spiro atoms. The Hall–Kier alpha value is -0.120. The van der Waals surface area contributed by atoms with Gasteiger partial charge in [-0.05, 0) is 38.3 Å². The van der Waals surface area contributed by atoms with E-state index in [1.807, 2.05) is 0 Å².